The first-order chi connectivity index (χ1) is 11.3. The number of hydrogen-bond donors (Lipinski definition) is 1. The number of imidazole rings is 1. The lowest BCUT2D eigenvalue weighted by Gasteiger charge is -2.10. The third-order valence-electron chi connectivity index (χ3n) is 3.12. The highest BCUT2D eigenvalue weighted by Crippen LogP contribution is 2.24. The Morgan fingerprint density at radius 2 is 2.04 bits per heavy atom. The van der Waals surface area contributed by atoms with E-state index >= 15 is 0 Å². The average molecular weight is 355 g/mol. The van der Waals surface area contributed by atoms with Gasteiger partial charge in [-0.05, 0) is 31.2 Å². The Labute approximate surface area is 138 Å². The Morgan fingerprint density at radius 3 is 2.71 bits per heavy atom. The molecule has 0 fully saturated rings. The van der Waals surface area contributed by atoms with Crippen LogP contribution in [0.2, 0.25) is 0 Å². The summed E-state index contributed by atoms with van der Waals surface area (Å²) in [6.45, 7) is 1.87. The third kappa shape index (κ3) is 3.85. The highest BCUT2D eigenvalue weighted by atomic mass is 32.1. The molecule has 0 aliphatic heterocycles. The van der Waals surface area contributed by atoms with Gasteiger partial charge in [0.15, 0.2) is 4.96 Å². The third-order valence-corrected chi connectivity index (χ3v) is 4.01. The monoisotopic (exact) mass is 355 g/mol. The molecule has 0 unspecified atom stereocenters. The van der Waals surface area contributed by atoms with E-state index < -0.39 is 6.36 Å². The molecule has 0 aliphatic carbocycles. The number of hydrogen-bond acceptors (Lipinski definition) is 4. The molecule has 0 saturated heterocycles. The number of fused-ring (bicyclic) bond motifs is 1. The zero-order valence-electron chi connectivity index (χ0n) is 12.4. The molecule has 0 saturated carbocycles. The number of alkyl halides is 3. The van der Waals surface area contributed by atoms with Gasteiger partial charge in [-0.2, -0.15) is 0 Å². The molecule has 24 heavy (non-hydrogen) atoms. The minimum atomic E-state index is -4.74. The molecular weight excluding hydrogens is 343 g/mol. The van der Waals surface area contributed by atoms with Crippen LogP contribution in [0.5, 0.6) is 5.75 Å². The van der Waals surface area contributed by atoms with Crippen LogP contribution in [0.3, 0.4) is 0 Å². The van der Waals surface area contributed by atoms with E-state index in [0.29, 0.717) is 5.69 Å². The molecule has 0 atom stereocenters. The lowest BCUT2D eigenvalue weighted by Crippen LogP contribution is -2.17. The smallest absolute Gasteiger partial charge is 0.406 e. The van der Waals surface area contributed by atoms with Crippen molar-refractivity contribution in [2.75, 3.05) is 5.32 Å². The van der Waals surface area contributed by atoms with Crippen molar-refractivity contribution in [1.82, 2.24) is 9.38 Å². The van der Waals surface area contributed by atoms with Crippen LogP contribution in [0.1, 0.15) is 11.4 Å². The van der Waals surface area contributed by atoms with Crippen LogP contribution in [0.15, 0.2) is 35.8 Å². The van der Waals surface area contributed by atoms with Crippen LogP contribution in [-0.2, 0) is 11.2 Å². The second-order valence-electron chi connectivity index (χ2n) is 5.06. The summed E-state index contributed by atoms with van der Waals surface area (Å²) in [5.74, 6) is -0.612. The summed E-state index contributed by atoms with van der Waals surface area (Å²) in [4.78, 5) is 17.2. The second-order valence-corrected chi connectivity index (χ2v) is 5.90. The summed E-state index contributed by atoms with van der Waals surface area (Å²) in [5.41, 5.74) is 2.05. The van der Waals surface area contributed by atoms with E-state index in [0.717, 1.165) is 28.5 Å². The molecule has 2 heterocycles. The zero-order chi connectivity index (χ0) is 17.3. The Kier molecular flexibility index (Phi) is 4.18. The molecule has 0 aliphatic rings. The van der Waals surface area contributed by atoms with Gasteiger partial charge in [-0.1, -0.05) is 0 Å². The summed E-state index contributed by atoms with van der Waals surface area (Å²) in [6.07, 6.45) is -2.76. The summed E-state index contributed by atoms with van der Waals surface area (Å²) >= 11 is 1.44. The summed E-state index contributed by atoms with van der Waals surface area (Å²) < 4.78 is 41.9. The molecule has 1 amide bonds. The lowest BCUT2D eigenvalue weighted by atomic mass is 10.2. The van der Waals surface area contributed by atoms with Crippen LogP contribution >= 0.6 is 11.3 Å². The fraction of sp³-hybridized carbons (Fsp3) is 0.200. The van der Waals surface area contributed by atoms with Gasteiger partial charge in [0.25, 0.3) is 0 Å². The fourth-order valence-corrected chi connectivity index (χ4v) is 3.10. The number of thiazole rings is 1. The van der Waals surface area contributed by atoms with Crippen LogP contribution in [0.25, 0.3) is 4.96 Å². The topological polar surface area (TPSA) is 55.6 Å². The number of carbonyl (C=O) groups excluding carboxylic acids is 1. The van der Waals surface area contributed by atoms with Crippen LogP contribution in [0.4, 0.5) is 18.9 Å². The van der Waals surface area contributed by atoms with Gasteiger partial charge in [0, 0.05) is 23.0 Å². The number of nitrogens with one attached hydrogen (secondary N) is 1. The molecule has 2 aromatic heterocycles. The van der Waals surface area contributed by atoms with Gasteiger partial charge in [-0.3, -0.25) is 9.20 Å². The normalized spacial score (nSPS) is 11.7. The molecule has 0 bridgehead atoms. The predicted octanol–water partition coefficient (Wildman–Crippen LogP) is 3.78. The van der Waals surface area contributed by atoms with E-state index in [2.05, 4.69) is 15.0 Å². The van der Waals surface area contributed by atoms with Crippen molar-refractivity contribution in [2.45, 2.75) is 19.7 Å². The van der Waals surface area contributed by atoms with Crippen molar-refractivity contribution < 1.29 is 22.7 Å². The molecule has 3 aromatic rings. The van der Waals surface area contributed by atoms with Gasteiger partial charge in [0.05, 0.1) is 12.1 Å². The molecule has 1 aromatic carbocycles. The first-order valence-electron chi connectivity index (χ1n) is 6.88. The minimum absolute atomic E-state index is 0.136. The minimum Gasteiger partial charge on any atom is -0.406 e. The molecule has 5 nitrogen and oxygen atoms in total. The molecule has 1 N–H and O–H groups in total. The Hall–Kier alpha value is -2.55. The van der Waals surface area contributed by atoms with Crippen molar-refractivity contribution in [3.05, 3.63) is 47.2 Å². The van der Waals surface area contributed by atoms with Gasteiger partial charge in [-0.15, -0.1) is 24.5 Å². The Balaban J connectivity index is 1.64. The van der Waals surface area contributed by atoms with Gasteiger partial charge in [0.1, 0.15) is 5.75 Å². The summed E-state index contributed by atoms with van der Waals surface area (Å²) in [7, 11) is 0. The number of benzene rings is 1. The number of amides is 1. The van der Waals surface area contributed by atoms with Crippen molar-refractivity contribution in [3.8, 4) is 5.75 Å². The number of rotatable bonds is 4. The number of aryl methyl sites for hydroxylation is 1. The second kappa shape index (κ2) is 6.16. The van der Waals surface area contributed by atoms with E-state index in [9.17, 15) is 18.0 Å². The predicted molar refractivity (Wildman–Crippen MR) is 83.3 cm³/mol. The van der Waals surface area contributed by atoms with E-state index in [-0.39, 0.29) is 18.1 Å². The molecule has 0 spiro atoms. The van der Waals surface area contributed by atoms with E-state index in [1.807, 2.05) is 22.9 Å². The van der Waals surface area contributed by atoms with E-state index in [1.165, 1.54) is 23.5 Å². The molecular formula is C15H12F3N3O2S. The number of halogens is 3. The Morgan fingerprint density at radius 1 is 1.33 bits per heavy atom. The first-order valence-corrected chi connectivity index (χ1v) is 7.76. The lowest BCUT2D eigenvalue weighted by molar-refractivity contribution is -0.274. The molecule has 126 valence electrons. The maximum atomic E-state index is 12.1. The van der Waals surface area contributed by atoms with Gasteiger partial charge >= 0.3 is 6.36 Å². The van der Waals surface area contributed by atoms with Crippen LogP contribution in [0, 0.1) is 6.92 Å². The van der Waals surface area contributed by atoms with Crippen LogP contribution in [-0.4, -0.2) is 21.7 Å². The highest BCUT2D eigenvalue weighted by Gasteiger charge is 2.30. The zero-order valence-corrected chi connectivity index (χ0v) is 13.2. The summed E-state index contributed by atoms with van der Waals surface area (Å²) in [6, 6.07) is 4.99. The number of aromatic nitrogens is 2. The van der Waals surface area contributed by atoms with Crippen molar-refractivity contribution >= 4 is 27.9 Å². The van der Waals surface area contributed by atoms with Crippen molar-refractivity contribution in [2.24, 2.45) is 0 Å². The van der Waals surface area contributed by atoms with Gasteiger partial charge in [-0.25, -0.2) is 4.98 Å². The largest absolute Gasteiger partial charge is 0.573 e. The van der Waals surface area contributed by atoms with Crippen molar-refractivity contribution in [1.29, 1.82) is 0 Å². The van der Waals surface area contributed by atoms with E-state index in [1.54, 1.807) is 0 Å². The van der Waals surface area contributed by atoms with E-state index in [4.69, 9.17) is 0 Å². The number of carbonyl (C=O) groups is 1. The van der Waals surface area contributed by atoms with Crippen molar-refractivity contribution in [3.63, 3.8) is 0 Å². The quantitative estimate of drug-likeness (QED) is 0.775. The summed E-state index contributed by atoms with van der Waals surface area (Å²) in [5, 5.41) is 4.49. The van der Waals surface area contributed by atoms with Gasteiger partial charge in [0.2, 0.25) is 5.91 Å². The number of anilines is 1. The molecule has 3 rings (SSSR count). The number of nitrogens with zero attached hydrogens (tertiary/aromatic N) is 2. The van der Waals surface area contributed by atoms with Crippen LogP contribution < -0.4 is 10.1 Å². The molecule has 9 heteroatoms. The Bertz CT molecular complexity index is 868. The van der Waals surface area contributed by atoms with Gasteiger partial charge < -0.3 is 10.1 Å². The maximum absolute atomic E-state index is 12.1. The fourth-order valence-electron chi connectivity index (χ4n) is 2.18. The average Bonchev–Trinajstić information content (AvgIpc) is 3.00. The molecule has 0 radical (unpaired) electrons. The highest BCUT2D eigenvalue weighted by molar-refractivity contribution is 7.15. The maximum Gasteiger partial charge on any atom is 0.573 e. The SMILES string of the molecule is Cc1cn2c(CC(=O)Nc3ccc(OC(F)(F)F)cc3)csc2n1. The number of ether oxygens (including phenoxy) is 1. The first kappa shape index (κ1) is 16.3. The standard InChI is InChI=1S/C15H12F3N3O2S/c1-9-7-21-11(8-24-14(21)19-9)6-13(22)20-10-2-4-12(5-3-10)23-15(16,17)18/h2-5,7-8H,6H2,1H3,(H,20,22).